The van der Waals surface area contributed by atoms with E-state index in [-0.39, 0.29) is 18.4 Å². The van der Waals surface area contributed by atoms with Crippen LogP contribution in [0.2, 0.25) is 0 Å². The number of nitrogens with zero attached hydrogens (tertiary/aromatic N) is 1. The van der Waals surface area contributed by atoms with Crippen molar-refractivity contribution in [2.45, 2.75) is 33.2 Å². The van der Waals surface area contributed by atoms with Crippen molar-refractivity contribution in [3.8, 4) is 11.1 Å². The zero-order chi connectivity index (χ0) is 25.1. The van der Waals surface area contributed by atoms with E-state index in [1.54, 1.807) is 0 Å². The number of rotatable bonds is 7. The van der Waals surface area contributed by atoms with E-state index in [1.165, 1.54) is 11.4 Å². The maximum atomic E-state index is 12.3. The van der Waals surface area contributed by atoms with Gasteiger partial charge in [0.05, 0.1) is 25.3 Å². The Morgan fingerprint density at radius 3 is 2.31 bits per heavy atom. The van der Waals surface area contributed by atoms with E-state index in [4.69, 9.17) is 4.74 Å². The lowest BCUT2D eigenvalue weighted by Crippen LogP contribution is -2.21. The molecule has 1 unspecified atom stereocenters. The maximum Gasteiger partial charge on any atom is 0.312 e. The van der Waals surface area contributed by atoms with Gasteiger partial charge in [0.2, 0.25) is 10.9 Å². The molecule has 0 saturated carbocycles. The molecule has 0 bridgehead atoms. The molecule has 4 rings (SSSR count). The van der Waals surface area contributed by atoms with Gasteiger partial charge in [-0.15, -0.1) is 0 Å². The summed E-state index contributed by atoms with van der Waals surface area (Å²) >= 11 is 0. The van der Waals surface area contributed by atoms with Crippen molar-refractivity contribution in [3.63, 3.8) is 0 Å². The molecule has 6 heteroatoms. The second-order valence-corrected chi connectivity index (χ2v) is 9.67. The van der Waals surface area contributed by atoms with Gasteiger partial charge in [-0.05, 0) is 59.5 Å². The average molecular weight is 488 g/mol. The molecule has 0 aliphatic rings. The highest BCUT2D eigenvalue weighted by atomic mass is 32.2. The van der Waals surface area contributed by atoms with Gasteiger partial charge >= 0.3 is 5.97 Å². The normalized spacial score (nSPS) is 12.0. The zero-order valence-corrected chi connectivity index (χ0v) is 21.2. The van der Waals surface area contributed by atoms with Gasteiger partial charge in [0, 0.05) is 5.39 Å². The number of carbonyl (C=O) groups excluding carboxylic acids is 1. The summed E-state index contributed by atoms with van der Waals surface area (Å²) in [4.78, 5) is 12.1. The number of anilines is 1. The van der Waals surface area contributed by atoms with E-state index >= 15 is 0 Å². The molecule has 0 heterocycles. The van der Waals surface area contributed by atoms with Crippen LogP contribution in [-0.2, 0) is 27.0 Å². The molecule has 1 atom stereocenters. The van der Waals surface area contributed by atoms with Gasteiger partial charge in [-0.3, -0.25) is 9.10 Å². The van der Waals surface area contributed by atoms with Crippen LogP contribution >= 0.6 is 0 Å². The number of methoxy groups -OCH3 is 1. The Hall–Kier alpha value is -3.64. The van der Waals surface area contributed by atoms with Crippen LogP contribution in [0.15, 0.2) is 78.9 Å². The summed E-state index contributed by atoms with van der Waals surface area (Å²) in [6, 6.07) is 25.6. The highest BCUT2D eigenvalue weighted by Gasteiger charge is 2.20. The Balaban J connectivity index is 1.66. The molecule has 4 aromatic carbocycles. The first-order valence-corrected chi connectivity index (χ1v) is 12.6. The molecule has 0 saturated heterocycles. The fourth-order valence-electron chi connectivity index (χ4n) is 4.63. The zero-order valence-electron chi connectivity index (χ0n) is 20.3. The van der Waals surface area contributed by atoms with E-state index in [2.05, 4.69) is 0 Å². The summed E-state index contributed by atoms with van der Waals surface area (Å²) in [7, 11) is -1.44. The predicted molar refractivity (Wildman–Crippen MR) is 142 cm³/mol. The van der Waals surface area contributed by atoms with Crippen molar-refractivity contribution in [2.75, 3.05) is 11.4 Å². The number of fused-ring (bicyclic) bond motifs is 1. The SMILES string of the molecule is COC(=O)C(C)c1cccc(-c2ccc(CN(c3c(C)ccc4ccccc34)[SH](=O)=O)cc2)c1C. The number of benzene rings is 4. The molecular formula is C29H29NO4S. The minimum absolute atomic E-state index is 0.242. The van der Waals surface area contributed by atoms with E-state index < -0.39 is 10.9 Å². The van der Waals surface area contributed by atoms with Gasteiger partial charge in [0.15, 0.2) is 0 Å². The summed E-state index contributed by atoms with van der Waals surface area (Å²) in [6.45, 7) is 6.02. The monoisotopic (exact) mass is 487 g/mol. The molecule has 4 aromatic rings. The second-order valence-electron chi connectivity index (χ2n) is 8.71. The van der Waals surface area contributed by atoms with Gasteiger partial charge in [-0.1, -0.05) is 78.9 Å². The van der Waals surface area contributed by atoms with Crippen LogP contribution in [0.25, 0.3) is 21.9 Å². The van der Waals surface area contributed by atoms with Crippen molar-refractivity contribution < 1.29 is 17.9 Å². The number of hydrogen-bond donors (Lipinski definition) is 1. The van der Waals surface area contributed by atoms with Gasteiger partial charge < -0.3 is 4.74 Å². The Kier molecular flexibility index (Phi) is 7.22. The third-order valence-corrected chi connectivity index (χ3v) is 7.29. The molecule has 180 valence electrons. The third kappa shape index (κ3) is 4.93. The van der Waals surface area contributed by atoms with Crippen LogP contribution in [0.3, 0.4) is 0 Å². The summed E-state index contributed by atoms with van der Waals surface area (Å²) in [5.41, 5.74) is 6.49. The molecule has 0 N–H and O–H groups in total. The first kappa shape index (κ1) is 24.5. The number of hydrogen-bond acceptors (Lipinski definition) is 4. The van der Waals surface area contributed by atoms with Gasteiger partial charge in [-0.25, -0.2) is 8.42 Å². The van der Waals surface area contributed by atoms with Crippen molar-refractivity contribution >= 4 is 33.3 Å². The molecule has 0 aromatic heterocycles. The summed E-state index contributed by atoms with van der Waals surface area (Å²) in [6.07, 6.45) is 0. The quantitative estimate of drug-likeness (QED) is 0.259. The van der Waals surface area contributed by atoms with E-state index in [1.807, 2.05) is 99.6 Å². The van der Waals surface area contributed by atoms with Crippen molar-refractivity contribution in [3.05, 3.63) is 101 Å². The fourth-order valence-corrected chi connectivity index (χ4v) is 5.33. The minimum Gasteiger partial charge on any atom is -0.469 e. The van der Waals surface area contributed by atoms with Crippen molar-refractivity contribution in [2.24, 2.45) is 0 Å². The van der Waals surface area contributed by atoms with E-state index in [9.17, 15) is 13.2 Å². The summed E-state index contributed by atoms with van der Waals surface area (Å²) < 4.78 is 31.0. The smallest absolute Gasteiger partial charge is 0.312 e. The highest BCUT2D eigenvalue weighted by molar-refractivity contribution is 7.74. The third-order valence-electron chi connectivity index (χ3n) is 6.55. The maximum absolute atomic E-state index is 12.3. The van der Waals surface area contributed by atoms with Crippen LogP contribution in [0.5, 0.6) is 0 Å². The topological polar surface area (TPSA) is 63.7 Å². The molecule has 0 spiro atoms. The first-order valence-electron chi connectivity index (χ1n) is 11.5. The molecule has 35 heavy (non-hydrogen) atoms. The van der Waals surface area contributed by atoms with Gasteiger partial charge in [-0.2, -0.15) is 0 Å². The van der Waals surface area contributed by atoms with E-state index in [0.717, 1.165) is 44.2 Å². The van der Waals surface area contributed by atoms with Crippen molar-refractivity contribution in [1.82, 2.24) is 0 Å². The van der Waals surface area contributed by atoms with Crippen LogP contribution in [0.1, 0.15) is 35.1 Å². The average Bonchev–Trinajstić information content (AvgIpc) is 2.87. The van der Waals surface area contributed by atoms with Crippen LogP contribution in [0, 0.1) is 13.8 Å². The Bertz CT molecular complexity index is 1450. The molecule has 0 aliphatic carbocycles. The fraction of sp³-hybridized carbons (Fsp3) is 0.207. The molecular weight excluding hydrogens is 458 g/mol. The number of ether oxygens (including phenoxy) is 1. The number of esters is 1. The Morgan fingerprint density at radius 2 is 1.63 bits per heavy atom. The van der Waals surface area contributed by atoms with Crippen molar-refractivity contribution in [1.29, 1.82) is 0 Å². The van der Waals surface area contributed by atoms with Crippen LogP contribution < -0.4 is 4.31 Å². The van der Waals surface area contributed by atoms with Crippen LogP contribution in [0.4, 0.5) is 5.69 Å². The molecule has 0 fully saturated rings. The lowest BCUT2D eigenvalue weighted by atomic mass is 9.90. The Morgan fingerprint density at radius 1 is 0.914 bits per heavy atom. The predicted octanol–water partition coefficient (Wildman–Crippen LogP) is 5.93. The first-order chi connectivity index (χ1) is 16.8. The lowest BCUT2D eigenvalue weighted by molar-refractivity contribution is -0.142. The highest BCUT2D eigenvalue weighted by Crippen LogP contribution is 2.33. The molecule has 0 aliphatic heterocycles. The lowest BCUT2D eigenvalue weighted by Gasteiger charge is -2.22. The molecule has 0 radical (unpaired) electrons. The number of thiol groups is 1. The largest absolute Gasteiger partial charge is 0.469 e. The van der Waals surface area contributed by atoms with Crippen LogP contribution in [-0.4, -0.2) is 21.5 Å². The number of aryl methyl sites for hydroxylation is 1. The number of carbonyl (C=O) groups is 1. The molecule has 5 nitrogen and oxygen atoms in total. The summed E-state index contributed by atoms with van der Waals surface area (Å²) in [5, 5.41) is 1.91. The second kappa shape index (κ2) is 10.3. The molecule has 0 amide bonds. The minimum atomic E-state index is -2.84. The van der Waals surface area contributed by atoms with Gasteiger partial charge in [0.1, 0.15) is 0 Å². The Labute approximate surface area is 208 Å². The summed E-state index contributed by atoms with van der Waals surface area (Å²) in [5.74, 6) is -0.624. The van der Waals surface area contributed by atoms with E-state index in [0.29, 0.717) is 5.69 Å². The van der Waals surface area contributed by atoms with Gasteiger partial charge in [0.25, 0.3) is 0 Å². The standard InChI is InChI=1S/C29H29NO4S/c1-19-12-15-23-8-5-6-9-27(23)28(19)30(35(32)33)18-22-13-16-24(17-14-22)26-11-7-10-25(20(26)2)21(3)29(31)34-4/h5-17,21,35H,18H2,1-4H3.